The van der Waals surface area contributed by atoms with Gasteiger partial charge in [0.05, 0.1) is 0 Å². The van der Waals surface area contributed by atoms with Crippen molar-refractivity contribution in [1.29, 1.82) is 0 Å². The van der Waals surface area contributed by atoms with E-state index in [0.29, 0.717) is 5.56 Å². The normalized spacial score (nSPS) is 12.1. The highest BCUT2D eigenvalue weighted by Gasteiger charge is 2.27. The molecular formula is C11H14F3NO2. The number of carbonyl (C=O) groups excluding carboxylic acids is 1. The first-order valence-corrected chi connectivity index (χ1v) is 5.14. The Morgan fingerprint density at radius 3 is 2.65 bits per heavy atom. The second-order valence-corrected chi connectivity index (χ2v) is 4.03. The van der Waals surface area contributed by atoms with Crippen molar-refractivity contribution in [3.8, 4) is 0 Å². The van der Waals surface area contributed by atoms with Gasteiger partial charge < -0.3 is 9.30 Å². The molecule has 6 heteroatoms. The first kappa shape index (κ1) is 13.8. The second-order valence-electron chi connectivity index (χ2n) is 4.03. The molecule has 0 fully saturated rings. The molecule has 0 aliphatic rings. The number of Topliss-reactive ketones (excluding diaryl/α,β-unsaturated/α-hetero) is 1. The van der Waals surface area contributed by atoms with Gasteiger partial charge >= 0.3 is 6.18 Å². The molecule has 0 saturated carbocycles. The van der Waals surface area contributed by atoms with Gasteiger partial charge in [0.15, 0.2) is 5.78 Å². The molecule has 1 aromatic rings. The summed E-state index contributed by atoms with van der Waals surface area (Å²) < 4.78 is 41.3. The summed E-state index contributed by atoms with van der Waals surface area (Å²) in [5.74, 6) is -0.179. The Hall–Kier alpha value is -1.30. The fourth-order valence-electron chi connectivity index (χ4n) is 1.27. The predicted octanol–water partition coefficient (Wildman–Crippen LogP) is 2.86. The molecule has 96 valence electrons. The summed E-state index contributed by atoms with van der Waals surface area (Å²) in [6.07, 6.45) is -1.32. The van der Waals surface area contributed by atoms with Gasteiger partial charge in [-0.3, -0.25) is 4.79 Å². The molecule has 0 unspecified atom stereocenters. The molecule has 0 radical (unpaired) electrons. The maximum atomic E-state index is 11.8. The lowest BCUT2D eigenvalue weighted by molar-refractivity contribution is -0.181. The van der Waals surface area contributed by atoms with Crippen LogP contribution in [0.3, 0.4) is 0 Å². The van der Waals surface area contributed by atoms with E-state index in [1.54, 1.807) is 19.9 Å². The lowest BCUT2D eigenvalue weighted by atomic mass is 10.0. The van der Waals surface area contributed by atoms with Gasteiger partial charge in [-0.2, -0.15) is 13.2 Å². The summed E-state index contributed by atoms with van der Waals surface area (Å²) in [5.41, 5.74) is 0.482. The molecule has 0 spiro atoms. The highest BCUT2D eigenvalue weighted by atomic mass is 19.4. The summed E-state index contributed by atoms with van der Waals surface area (Å²) >= 11 is 0. The van der Waals surface area contributed by atoms with Gasteiger partial charge in [-0.05, 0) is 6.07 Å². The number of carbonyl (C=O) groups is 1. The average molecular weight is 249 g/mol. The van der Waals surface area contributed by atoms with Crippen LogP contribution in [0.1, 0.15) is 24.2 Å². The minimum Gasteiger partial charge on any atom is -0.351 e. The number of ether oxygens (including phenoxy) is 1. The first-order valence-electron chi connectivity index (χ1n) is 5.14. The van der Waals surface area contributed by atoms with Crippen LogP contribution in [0.4, 0.5) is 13.2 Å². The molecule has 17 heavy (non-hydrogen) atoms. The Kier molecular flexibility index (Phi) is 4.34. The van der Waals surface area contributed by atoms with E-state index < -0.39 is 12.8 Å². The molecule has 0 aliphatic carbocycles. The van der Waals surface area contributed by atoms with E-state index in [4.69, 9.17) is 0 Å². The van der Waals surface area contributed by atoms with Crippen molar-refractivity contribution in [2.75, 3.05) is 6.61 Å². The van der Waals surface area contributed by atoms with Crippen molar-refractivity contribution >= 4 is 5.78 Å². The fraction of sp³-hybridized carbons (Fsp3) is 0.545. The first-order chi connectivity index (χ1) is 7.79. The number of aromatic nitrogens is 1. The van der Waals surface area contributed by atoms with Crippen LogP contribution in [0.5, 0.6) is 0 Å². The lowest BCUT2D eigenvalue weighted by Gasteiger charge is -2.08. The van der Waals surface area contributed by atoms with Crippen LogP contribution < -0.4 is 0 Å². The maximum Gasteiger partial charge on any atom is 0.411 e. The quantitative estimate of drug-likeness (QED) is 0.751. The average Bonchev–Trinajstić information content (AvgIpc) is 2.63. The van der Waals surface area contributed by atoms with Gasteiger partial charge in [-0.15, -0.1) is 0 Å². The van der Waals surface area contributed by atoms with Crippen LogP contribution in [0.25, 0.3) is 0 Å². The third-order valence-electron chi connectivity index (χ3n) is 2.07. The van der Waals surface area contributed by atoms with Crippen molar-refractivity contribution in [2.24, 2.45) is 5.92 Å². The standard InChI is InChI=1S/C11H14F3NO2/c1-8(2)10(16)9-3-4-15(5-9)7-17-6-11(12,13)14/h3-5,8H,6-7H2,1-2H3. The Labute approximate surface area is 97.2 Å². The van der Waals surface area contributed by atoms with Crippen molar-refractivity contribution < 1.29 is 22.7 Å². The molecule has 0 saturated heterocycles. The van der Waals surface area contributed by atoms with Crippen molar-refractivity contribution in [3.63, 3.8) is 0 Å². The fourth-order valence-corrected chi connectivity index (χ4v) is 1.27. The molecule has 1 aromatic heterocycles. The summed E-state index contributed by atoms with van der Waals surface area (Å²) in [5, 5.41) is 0. The molecule has 0 aliphatic heterocycles. The molecule has 0 bridgehead atoms. The van der Waals surface area contributed by atoms with Gasteiger partial charge in [0, 0.05) is 23.9 Å². The summed E-state index contributed by atoms with van der Waals surface area (Å²) in [7, 11) is 0. The largest absolute Gasteiger partial charge is 0.411 e. The third kappa shape index (κ3) is 4.60. The van der Waals surface area contributed by atoms with E-state index in [-0.39, 0.29) is 18.4 Å². The highest BCUT2D eigenvalue weighted by molar-refractivity contribution is 5.97. The van der Waals surface area contributed by atoms with Crippen LogP contribution >= 0.6 is 0 Å². The second kappa shape index (κ2) is 5.35. The van der Waals surface area contributed by atoms with E-state index in [9.17, 15) is 18.0 Å². The summed E-state index contributed by atoms with van der Waals surface area (Å²) in [4.78, 5) is 11.6. The topological polar surface area (TPSA) is 31.2 Å². The Morgan fingerprint density at radius 1 is 1.47 bits per heavy atom. The molecule has 1 rings (SSSR count). The van der Waals surface area contributed by atoms with Gasteiger partial charge in [-0.1, -0.05) is 13.8 Å². The number of ketones is 1. The van der Waals surface area contributed by atoms with Crippen molar-refractivity contribution in [1.82, 2.24) is 4.57 Å². The van der Waals surface area contributed by atoms with E-state index in [1.165, 1.54) is 17.0 Å². The van der Waals surface area contributed by atoms with Gasteiger partial charge in [-0.25, -0.2) is 0 Å². The molecule has 1 heterocycles. The van der Waals surface area contributed by atoms with Crippen molar-refractivity contribution in [3.05, 3.63) is 24.0 Å². The highest BCUT2D eigenvalue weighted by Crippen LogP contribution is 2.15. The zero-order valence-corrected chi connectivity index (χ0v) is 9.62. The third-order valence-corrected chi connectivity index (χ3v) is 2.07. The minimum atomic E-state index is -4.33. The van der Waals surface area contributed by atoms with Gasteiger partial charge in [0.1, 0.15) is 13.3 Å². The Bertz CT molecular complexity index is 382. The predicted molar refractivity (Wildman–Crippen MR) is 55.6 cm³/mol. The number of nitrogens with zero attached hydrogens (tertiary/aromatic N) is 1. The minimum absolute atomic E-state index is 0.0421. The Morgan fingerprint density at radius 2 is 2.12 bits per heavy atom. The van der Waals surface area contributed by atoms with E-state index in [0.717, 1.165) is 0 Å². The van der Waals surface area contributed by atoms with Crippen molar-refractivity contribution in [2.45, 2.75) is 26.8 Å². The number of hydrogen-bond acceptors (Lipinski definition) is 2. The summed E-state index contributed by atoms with van der Waals surface area (Å²) in [6, 6.07) is 1.57. The molecule has 0 aromatic carbocycles. The van der Waals surface area contributed by atoms with Crippen LogP contribution in [-0.4, -0.2) is 23.1 Å². The molecular weight excluding hydrogens is 235 g/mol. The number of alkyl halides is 3. The van der Waals surface area contributed by atoms with Crippen LogP contribution in [-0.2, 0) is 11.5 Å². The van der Waals surface area contributed by atoms with Gasteiger partial charge in [0.2, 0.25) is 0 Å². The monoisotopic (exact) mass is 249 g/mol. The Balaban J connectivity index is 2.49. The lowest BCUT2D eigenvalue weighted by Crippen LogP contribution is -2.18. The van der Waals surface area contributed by atoms with E-state index >= 15 is 0 Å². The van der Waals surface area contributed by atoms with E-state index in [2.05, 4.69) is 4.74 Å². The van der Waals surface area contributed by atoms with Crippen LogP contribution in [0, 0.1) is 5.92 Å². The number of hydrogen-bond donors (Lipinski definition) is 0. The number of rotatable bonds is 5. The molecule has 0 atom stereocenters. The number of halogens is 3. The SMILES string of the molecule is CC(C)C(=O)c1ccn(COCC(F)(F)F)c1. The smallest absolute Gasteiger partial charge is 0.351 e. The summed E-state index contributed by atoms with van der Waals surface area (Å²) in [6.45, 7) is 2.02. The maximum absolute atomic E-state index is 11.8. The van der Waals surface area contributed by atoms with Crippen LogP contribution in [0.15, 0.2) is 18.5 Å². The van der Waals surface area contributed by atoms with Gasteiger partial charge in [0.25, 0.3) is 0 Å². The molecule has 0 amide bonds. The zero-order valence-electron chi connectivity index (χ0n) is 9.62. The van der Waals surface area contributed by atoms with Crippen LogP contribution in [0.2, 0.25) is 0 Å². The van der Waals surface area contributed by atoms with E-state index in [1.807, 2.05) is 0 Å². The molecule has 0 N–H and O–H groups in total. The zero-order chi connectivity index (χ0) is 13.1. The molecule has 3 nitrogen and oxygen atoms in total.